The molecule has 0 saturated carbocycles. The Morgan fingerprint density at radius 1 is 1.09 bits per heavy atom. The number of carboxylic acid groups (broad SMARTS) is 1. The van der Waals surface area contributed by atoms with Crippen molar-refractivity contribution < 1.29 is 19.5 Å². The third-order valence-electron chi connectivity index (χ3n) is 2.93. The van der Waals surface area contributed by atoms with E-state index in [0.29, 0.717) is 24.3 Å². The Balaban J connectivity index is 2.56. The summed E-state index contributed by atoms with van der Waals surface area (Å²) in [6.07, 6.45) is 0.367. The summed E-state index contributed by atoms with van der Waals surface area (Å²) >= 11 is 0. The first-order valence-electron chi connectivity index (χ1n) is 7.34. The van der Waals surface area contributed by atoms with E-state index in [9.17, 15) is 14.4 Å². The van der Waals surface area contributed by atoms with Crippen LogP contribution >= 0.6 is 0 Å². The number of aryl methyl sites for hydroxylation is 1. The van der Waals surface area contributed by atoms with E-state index in [1.165, 1.54) is 0 Å². The van der Waals surface area contributed by atoms with Gasteiger partial charge in [0.2, 0.25) is 0 Å². The Morgan fingerprint density at radius 2 is 1.78 bits per heavy atom. The Labute approximate surface area is 134 Å². The molecule has 5 N–H and O–H groups in total. The number of hydrogen-bond donors (Lipinski definition) is 5. The zero-order chi connectivity index (χ0) is 17.2. The van der Waals surface area contributed by atoms with Crippen molar-refractivity contribution in [3.05, 3.63) is 23.8 Å². The molecule has 23 heavy (non-hydrogen) atoms. The van der Waals surface area contributed by atoms with Crippen LogP contribution < -0.4 is 21.3 Å². The fraction of sp³-hybridized carbons (Fsp3) is 0.400. The molecule has 0 aliphatic rings. The summed E-state index contributed by atoms with van der Waals surface area (Å²) < 4.78 is 0. The topological polar surface area (TPSA) is 120 Å². The number of amides is 4. The summed E-state index contributed by atoms with van der Waals surface area (Å²) in [5, 5.41) is 19.1. The standard InChI is InChI=1S/C15H22N4O4/c1-3-16-14(22)18-11-7-6-10(2)12(9-11)19-15(23)17-8-4-5-13(20)21/h6-7,9H,3-5,8H2,1-2H3,(H,20,21)(H2,16,18,22)(H2,17,19,23). The van der Waals surface area contributed by atoms with Crippen LogP contribution in [0.3, 0.4) is 0 Å². The quantitative estimate of drug-likeness (QED) is 0.494. The van der Waals surface area contributed by atoms with Crippen LogP contribution in [0.1, 0.15) is 25.3 Å². The second-order valence-corrected chi connectivity index (χ2v) is 4.89. The molecule has 0 radical (unpaired) electrons. The van der Waals surface area contributed by atoms with Gasteiger partial charge in [0.1, 0.15) is 0 Å². The van der Waals surface area contributed by atoms with Gasteiger partial charge in [0, 0.05) is 30.9 Å². The zero-order valence-corrected chi connectivity index (χ0v) is 13.2. The number of carboxylic acids is 1. The van der Waals surface area contributed by atoms with E-state index in [1.54, 1.807) is 18.2 Å². The predicted molar refractivity (Wildman–Crippen MR) is 87.8 cm³/mol. The SMILES string of the molecule is CCNC(=O)Nc1ccc(C)c(NC(=O)NCCCC(=O)O)c1. The molecule has 1 aromatic carbocycles. The average molecular weight is 322 g/mol. The van der Waals surface area contributed by atoms with Crippen molar-refractivity contribution in [3.8, 4) is 0 Å². The predicted octanol–water partition coefficient (Wildman–Crippen LogP) is 2.12. The van der Waals surface area contributed by atoms with E-state index in [2.05, 4.69) is 21.3 Å². The number of nitrogens with one attached hydrogen (secondary N) is 4. The lowest BCUT2D eigenvalue weighted by atomic mass is 10.2. The van der Waals surface area contributed by atoms with Gasteiger partial charge in [0.15, 0.2) is 0 Å². The van der Waals surface area contributed by atoms with Gasteiger partial charge in [-0.15, -0.1) is 0 Å². The number of carbonyl (C=O) groups is 3. The zero-order valence-electron chi connectivity index (χ0n) is 13.2. The minimum atomic E-state index is -0.896. The summed E-state index contributed by atoms with van der Waals surface area (Å²) in [6, 6.07) is 4.43. The summed E-state index contributed by atoms with van der Waals surface area (Å²) in [7, 11) is 0. The van der Waals surface area contributed by atoms with Crippen molar-refractivity contribution in [2.45, 2.75) is 26.7 Å². The highest BCUT2D eigenvalue weighted by Gasteiger charge is 2.07. The Kier molecular flexibility index (Phi) is 7.38. The van der Waals surface area contributed by atoms with Gasteiger partial charge in [-0.3, -0.25) is 4.79 Å². The maximum atomic E-state index is 11.8. The van der Waals surface area contributed by atoms with Crippen LogP contribution in [0.4, 0.5) is 21.0 Å². The van der Waals surface area contributed by atoms with E-state index in [0.717, 1.165) is 5.56 Å². The van der Waals surface area contributed by atoms with Crippen molar-refractivity contribution >= 4 is 29.4 Å². The molecule has 1 rings (SSSR count). The van der Waals surface area contributed by atoms with Crippen LogP contribution in [-0.2, 0) is 4.79 Å². The highest BCUT2D eigenvalue weighted by Crippen LogP contribution is 2.20. The maximum Gasteiger partial charge on any atom is 0.319 e. The van der Waals surface area contributed by atoms with Crippen molar-refractivity contribution in [1.29, 1.82) is 0 Å². The number of benzene rings is 1. The summed E-state index contributed by atoms with van der Waals surface area (Å²) in [5.41, 5.74) is 1.96. The van der Waals surface area contributed by atoms with Gasteiger partial charge >= 0.3 is 18.0 Å². The lowest BCUT2D eigenvalue weighted by Crippen LogP contribution is -2.30. The molecular weight excluding hydrogens is 300 g/mol. The van der Waals surface area contributed by atoms with Crippen molar-refractivity contribution in [2.75, 3.05) is 23.7 Å². The van der Waals surface area contributed by atoms with Gasteiger partial charge in [-0.25, -0.2) is 9.59 Å². The van der Waals surface area contributed by atoms with E-state index < -0.39 is 12.0 Å². The number of carbonyl (C=O) groups excluding carboxylic acids is 2. The lowest BCUT2D eigenvalue weighted by molar-refractivity contribution is -0.137. The summed E-state index contributed by atoms with van der Waals surface area (Å²) in [6.45, 7) is 4.43. The maximum absolute atomic E-state index is 11.8. The van der Waals surface area contributed by atoms with Crippen LogP contribution in [0, 0.1) is 6.92 Å². The number of hydrogen-bond acceptors (Lipinski definition) is 3. The van der Waals surface area contributed by atoms with E-state index in [1.807, 2.05) is 13.8 Å². The lowest BCUT2D eigenvalue weighted by Gasteiger charge is -2.12. The van der Waals surface area contributed by atoms with Gasteiger partial charge in [0.25, 0.3) is 0 Å². The van der Waals surface area contributed by atoms with Gasteiger partial charge < -0.3 is 26.4 Å². The molecule has 0 aromatic heterocycles. The van der Waals surface area contributed by atoms with Gasteiger partial charge in [-0.05, 0) is 38.0 Å². The van der Waals surface area contributed by atoms with E-state index in [-0.39, 0.29) is 19.0 Å². The summed E-state index contributed by atoms with van der Waals surface area (Å²) in [5.74, 6) is -0.896. The molecule has 0 saturated heterocycles. The molecule has 1 aromatic rings. The molecule has 8 heteroatoms. The minimum absolute atomic E-state index is 0.00521. The third-order valence-corrected chi connectivity index (χ3v) is 2.93. The molecule has 126 valence electrons. The highest BCUT2D eigenvalue weighted by atomic mass is 16.4. The second kappa shape index (κ2) is 9.29. The smallest absolute Gasteiger partial charge is 0.319 e. The molecule has 0 heterocycles. The van der Waals surface area contributed by atoms with Crippen LogP contribution in [0.15, 0.2) is 18.2 Å². The van der Waals surface area contributed by atoms with Gasteiger partial charge in [-0.1, -0.05) is 6.07 Å². The second-order valence-electron chi connectivity index (χ2n) is 4.89. The fourth-order valence-electron chi connectivity index (χ4n) is 1.78. The normalized spacial score (nSPS) is 9.83. The number of anilines is 2. The molecule has 0 atom stereocenters. The minimum Gasteiger partial charge on any atom is -0.481 e. The molecule has 8 nitrogen and oxygen atoms in total. The molecular formula is C15H22N4O4. The first-order chi connectivity index (χ1) is 10.9. The average Bonchev–Trinajstić information content (AvgIpc) is 2.47. The summed E-state index contributed by atoms with van der Waals surface area (Å²) in [4.78, 5) is 33.7. The van der Waals surface area contributed by atoms with Crippen LogP contribution in [0.5, 0.6) is 0 Å². The first kappa shape index (κ1) is 18.3. The van der Waals surface area contributed by atoms with E-state index in [4.69, 9.17) is 5.11 Å². The van der Waals surface area contributed by atoms with Crippen LogP contribution in [-0.4, -0.2) is 36.2 Å². The molecule has 0 fully saturated rings. The third kappa shape index (κ3) is 7.16. The van der Waals surface area contributed by atoms with Crippen LogP contribution in [0.2, 0.25) is 0 Å². The molecule has 0 bridgehead atoms. The molecule has 0 unspecified atom stereocenters. The first-order valence-corrected chi connectivity index (χ1v) is 7.34. The Morgan fingerprint density at radius 3 is 2.43 bits per heavy atom. The highest BCUT2D eigenvalue weighted by molar-refractivity contribution is 5.93. The van der Waals surface area contributed by atoms with Gasteiger partial charge in [-0.2, -0.15) is 0 Å². The molecule has 4 amide bonds. The monoisotopic (exact) mass is 322 g/mol. The van der Waals surface area contributed by atoms with Crippen LogP contribution in [0.25, 0.3) is 0 Å². The molecule has 0 aliphatic carbocycles. The van der Waals surface area contributed by atoms with Crippen molar-refractivity contribution in [1.82, 2.24) is 10.6 Å². The van der Waals surface area contributed by atoms with Gasteiger partial charge in [0.05, 0.1) is 0 Å². The number of rotatable bonds is 7. The largest absolute Gasteiger partial charge is 0.481 e. The van der Waals surface area contributed by atoms with Crippen molar-refractivity contribution in [3.63, 3.8) is 0 Å². The number of urea groups is 2. The molecule has 0 spiro atoms. The number of aliphatic carboxylic acids is 1. The fourth-order valence-corrected chi connectivity index (χ4v) is 1.78. The Hall–Kier alpha value is -2.77. The Bertz CT molecular complexity index is 575. The van der Waals surface area contributed by atoms with Crippen molar-refractivity contribution in [2.24, 2.45) is 0 Å². The van der Waals surface area contributed by atoms with E-state index >= 15 is 0 Å². The molecule has 0 aliphatic heterocycles.